The van der Waals surface area contributed by atoms with Crippen molar-refractivity contribution in [2.45, 2.75) is 6.92 Å². The molecular formula is C8H11ClO2S. The standard InChI is InChI=1S/C7H8.CH3ClO2S/c1-7-5-3-2-4-6-7;1-5(2,3)4/h2-6H,1H3;1H3. The molecule has 0 aliphatic carbocycles. The Bertz CT molecular complexity index is 297. The number of hydrogen-bond donors (Lipinski definition) is 0. The van der Waals surface area contributed by atoms with Gasteiger partial charge in [0.2, 0.25) is 9.05 Å². The maximum absolute atomic E-state index is 9.40. The fraction of sp³-hybridized carbons (Fsp3) is 0.250. The number of rotatable bonds is 0. The average Bonchev–Trinajstić information content (AvgIpc) is 1.85. The van der Waals surface area contributed by atoms with Crippen molar-refractivity contribution in [1.29, 1.82) is 0 Å². The molecule has 0 saturated heterocycles. The first-order valence-corrected chi connectivity index (χ1v) is 6.02. The van der Waals surface area contributed by atoms with Crippen molar-refractivity contribution in [1.82, 2.24) is 0 Å². The van der Waals surface area contributed by atoms with Crippen molar-refractivity contribution >= 4 is 19.7 Å². The van der Waals surface area contributed by atoms with Crippen LogP contribution < -0.4 is 0 Å². The summed E-state index contributed by atoms with van der Waals surface area (Å²) >= 11 is 0. The minimum Gasteiger partial charge on any atom is -0.213 e. The fourth-order valence-corrected chi connectivity index (χ4v) is 0.534. The average molecular weight is 207 g/mol. The third-order valence-electron chi connectivity index (χ3n) is 0.940. The molecule has 0 amide bonds. The van der Waals surface area contributed by atoms with Gasteiger partial charge >= 0.3 is 0 Å². The van der Waals surface area contributed by atoms with E-state index in [9.17, 15) is 8.42 Å². The molecule has 0 radical (unpaired) electrons. The van der Waals surface area contributed by atoms with E-state index < -0.39 is 9.05 Å². The Morgan fingerprint density at radius 1 is 1.17 bits per heavy atom. The Labute approximate surface area is 77.6 Å². The van der Waals surface area contributed by atoms with Crippen LogP contribution in [0.2, 0.25) is 0 Å². The molecule has 0 unspecified atom stereocenters. The number of benzene rings is 1. The number of halogens is 1. The van der Waals surface area contributed by atoms with Crippen LogP contribution in [-0.2, 0) is 9.05 Å². The maximum Gasteiger partial charge on any atom is 0.229 e. The molecule has 4 heteroatoms. The molecule has 68 valence electrons. The molecule has 0 bridgehead atoms. The van der Waals surface area contributed by atoms with E-state index in [1.807, 2.05) is 18.2 Å². The Morgan fingerprint density at radius 3 is 1.67 bits per heavy atom. The Hall–Kier alpha value is -0.540. The second-order valence-electron chi connectivity index (χ2n) is 2.34. The summed E-state index contributed by atoms with van der Waals surface area (Å²) in [5, 5.41) is 0. The normalized spacial score (nSPS) is 9.92. The summed E-state index contributed by atoms with van der Waals surface area (Å²) in [5.41, 5.74) is 1.32. The highest BCUT2D eigenvalue weighted by atomic mass is 35.7. The first-order chi connectivity index (χ1) is 5.39. The van der Waals surface area contributed by atoms with Crippen molar-refractivity contribution in [2.75, 3.05) is 6.26 Å². The van der Waals surface area contributed by atoms with Gasteiger partial charge in [0.1, 0.15) is 0 Å². The van der Waals surface area contributed by atoms with Crippen LogP contribution in [0.4, 0.5) is 0 Å². The van der Waals surface area contributed by atoms with E-state index in [-0.39, 0.29) is 0 Å². The van der Waals surface area contributed by atoms with Gasteiger partial charge in [-0.25, -0.2) is 8.42 Å². The molecule has 1 aromatic carbocycles. The van der Waals surface area contributed by atoms with Crippen LogP contribution in [0, 0.1) is 6.92 Å². The van der Waals surface area contributed by atoms with Crippen LogP contribution in [0.15, 0.2) is 30.3 Å². The first-order valence-electron chi connectivity index (χ1n) is 3.31. The lowest BCUT2D eigenvalue weighted by Crippen LogP contribution is -1.76. The molecule has 12 heavy (non-hydrogen) atoms. The summed E-state index contributed by atoms with van der Waals surface area (Å²) in [5.74, 6) is 0. The third kappa shape index (κ3) is 12.2. The number of aryl methyl sites for hydroxylation is 1. The van der Waals surface area contributed by atoms with E-state index in [1.54, 1.807) is 0 Å². The summed E-state index contributed by atoms with van der Waals surface area (Å²) in [6.45, 7) is 2.08. The van der Waals surface area contributed by atoms with Gasteiger partial charge in [-0.1, -0.05) is 35.9 Å². The molecule has 0 fully saturated rings. The molecule has 0 aliphatic rings. The van der Waals surface area contributed by atoms with Crippen LogP contribution in [-0.4, -0.2) is 14.7 Å². The Morgan fingerprint density at radius 2 is 1.50 bits per heavy atom. The lowest BCUT2D eigenvalue weighted by Gasteiger charge is -1.82. The van der Waals surface area contributed by atoms with Gasteiger partial charge in [-0.15, -0.1) is 0 Å². The molecule has 2 nitrogen and oxygen atoms in total. The second-order valence-corrected chi connectivity index (χ2v) is 5.38. The van der Waals surface area contributed by atoms with Crippen molar-refractivity contribution in [3.05, 3.63) is 35.9 Å². The molecule has 0 N–H and O–H groups in total. The molecule has 0 heterocycles. The van der Waals surface area contributed by atoms with Crippen LogP contribution in [0.25, 0.3) is 0 Å². The van der Waals surface area contributed by atoms with Crippen LogP contribution in [0.1, 0.15) is 5.56 Å². The van der Waals surface area contributed by atoms with Crippen molar-refractivity contribution in [3.8, 4) is 0 Å². The molecule has 1 rings (SSSR count). The Balaban J connectivity index is 0.000000217. The van der Waals surface area contributed by atoms with E-state index in [0.29, 0.717) is 0 Å². The lowest BCUT2D eigenvalue weighted by molar-refractivity contribution is 0.615. The Kier molecular flexibility index (Phi) is 4.93. The van der Waals surface area contributed by atoms with Crippen LogP contribution in [0.3, 0.4) is 0 Å². The minimum absolute atomic E-state index is 0.925. The molecule has 0 spiro atoms. The van der Waals surface area contributed by atoms with Gasteiger partial charge in [-0.2, -0.15) is 0 Å². The van der Waals surface area contributed by atoms with Gasteiger partial charge in [-0.3, -0.25) is 0 Å². The molecule has 0 aromatic heterocycles. The van der Waals surface area contributed by atoms with Crippen LogP contribution >= 0.6 is 10.7 Å². The van der Waals surface area contributed by atoms with Gasteiger partial charge in [0.15, 0.2) is 0 Å². The van der Waals surface area contributed by atoms with E-state index in [2.05, 4.69) is 29.7 Å². The molecule has 0 aliphatic heterocycles. The molecule has 0 atom stereocenters. The lowest BCUT2D eigenvalue weighted by atomic mass is 10.2. The fourth-order valence-electron chi connectivity index (χ4n) is 0.534. The van der Waals surface area contributed by atoms with Gasteiger partial charge < -0.3 is 0 Å². The second kappa shape index (κ2) is 5.17. The summed E-state index contributed by atoms with van der Waals surface area (Å²) in [6, 6.07) is 10.3. The minimum atomic E-state index is -3.19. The topological polar surface area (TPSA) is 34.1 Å². The zero-order valence-electron chi connectivity index (χ0n) is 6.99. The van der Waals surface area contributed by atoms with Gasteiger partial charge in [0, 0.05) is 10.7 Å². The highest BCUT2D eigenvalue weighted by Gasteiger charge is 1.83. The monoisotopic (exact) mass is 206 g/mol. The van der Waals surface area contributed by atoms with Gasteiger partial charge in [0.05, 0.1) is 6.26 Å². The molecule has 0 saturated carbocycles. The van der Waals surface area contributed by atoms with Gasteiger partial charge in [0.25, 0.3) is 0 Å². The number of hydrogen-bond acceptors (Lipinski definition) is 2. The van der Waals surface area contributed by atoms with E-state index >= 15 is 0 Å². The smallest absolute Gasteiger partial charge is 0.213 e. The SMILES string of the molecule is CS(=O)(=O)Cl.Cc1ccccc1. The largest absolute Gasteiger partial charge is 0.229 e. The first kappa shape index (κ1) is 11.5. The van der Waals surface area contributed by atoms with Crippen molar-refractivity contribution < 1.29 is 8.42 Å². The predicted octanol–water partition coefficient (Wildman–Crippen LogP) is 2.18. The van der Waals surface area contributed by atoms with E-state index in [4.69, 9.17) is 0 Å². The van der Waals surface area contributed by atoms with Gasteiger partial charge in [-0.05, 0) is 6.92 Å². The quantitative estimate of drug-likeness (QED) is 0.610. The molecule has 1 aromatic rings. The zero-order valence-corrected chi connectivity index (χ0v) is 8.56. The molecular weight excluding hydrogens is 196 g/mol. The van der Waals surface area contributed by atoms with Crippen molar-refractivity contribution in [3.63, 3.8) is 0 Å². The summed E-state index contributed by atoms with van der Waals surface area (Å²) < 4.78 is 18.8. The van der Waals surface area contributed by atoms with E-state index in [0.717, 1.165) is 6.26 Å². The highest BCUT2D eigenvalue weighted by molar-refractivity contribution is 8.13. The van der Waals surface area contributed by atoms with E-state index in [1.165, 1.54) is 5.56 Å². The summed E-state index contributed by atoms with van der Waals surface area (Å²) in [6.07, 6.45) is 0.925. The highest BCUT2D eigenvalue weighted by Crippen LogP contribution is 1.92. The summed E-state index contributed by atoms with van der Waals surface area (Å²) in [7, 11) is 1.31. The van der Waals surface area contributed by atoms with Crippen LogP contribution in [0.5, 0.6) is 0 Å². The maximum atomic E-state index is 9.40. The van der Waals surface area contributed by atoms with Crippen molar-refractivity contribution in [2.24, 2.45) is 0 Å². The zero-order chi connectivity index (χ0) is 9.61. The predicted molar refractivity (Wildman–Crippen MR) is 51.9 cm³/mol. The summed E-state index contributed by atoms with van der Waals surface area (Å²) in [4.78, 5) is 0. The third-order valence-corrected chi connectivity index (χ3v) is 0.940.